The van der Waals surface area contributed by atoms with Crippen LogP contribution in [0.15, 0.2) is 54.6 Å². The molecular weight excluding hydrogens is 345 g/mol. The summed E-state index contributed by atoms with van der Waals surface area (Å²) in [5.41, 5.74) is -1.76. The van der Waals surface area contributed by atoms with Crippen molar-refractivity contribution in [2.75, 3.05) is 17.3 Å². The molecule has 0 radical (unpaired) electrons. The molecule has 0 heterocycles. The SMILES string of the molecule is CN(C(=O)C(C)(C)C(=O)Nc1cccc(C(F)(F)F)c1)c1ccccc1. The van der Waals surface area contributed by atoms with E-state index >= 15 is 0 Å². The topological polar surface area (TPSA) is 49.4 Å². The standard InChI is InChI=1S/C19H19F3N2O2/c1-18(2,17(26)24(3)15-10-5-4-6-11-15)16(25)23-14-9-7-8-13(12-14)19(20,21)22/h4-12H,1-3H3,(H,23,25). The molecule has 0 spiro atoms. The Morgan fingerprint density at radius 1 is 0.962 bits per heavy atom. The van der Waals surface area contributed by atoms with Crippen molar-refractivity contribution in [3.8, 4) is 0 Å². The lowest BCUT2D eigenvalue weighted by Crippen LogP contribution is -2.46. The van der Waals surface area contributed by atoms with Crippen LogP contribution in [0.3, 0.4) is 0 Å². The molecule has 4 nitrogen and oxygen atoms in total. The van der Waals surface area contributed by atoms with Gasteiger partial charge in [-0.05, 0) is 44.2 Å². The van der Waals surface area contributed by atoms with Gasteiger partial charge in [-0.2, -0.15) is 13.2 Å². The highest BCUT2D eigenvalue weighted by Gasteiger charge is 2.39. The lowest BCUT2D eigenvalue weighted by atomic mass is 9.90. The Hall–Kier alpha value is -2.83. The molecule has 0 fully saturated rings. The van der Waals surface area contributed by atoms with Crippen LogP contribution in [-0.4, -0.2) is 18.9 Å². The molecule has 2 amide bonds. The zero-order valence-corrected chi connectivity index (χ0v) is 14.6. The van der Waals surface area contributed by atoms with Crippen molar-refractivity contribution in [1.29, 1.82) is 0 Å². The number of halogens is 3. The molecule has 0 aliphatic rings. The molecule has 0 aliphatic carbocycles. The van der Waals surface area contributed by atoms with Crippen LogP contribution in [-0.2, 0) is 15.8 Å². The Morgan fingerprint density at radius 3 is 2.15 bits per heavy atom. The summed E-state index contributed by atoms with van der Waals surface area (Å²) in [6.07, 6.45) is -4.51. The minimum Gasteiger partial charge on any atom is -0.325 e. The van der Waals surface area contributed by atoms with Gasteiger partial charge in [-0.3, -0.25) is 9.59 Å². The van der Waals surface area contributed by atoms with E-state index in [0.717, 1.165) is 12.1 Å². The second-order valence-corrected chi connectivity index (χ2v) is 6.36. The zero-order valence-electron chi connectivity index (χ0n) is 14.6. The summed E-state index contributed by atoms with van der Waals surface area (Å²) < 4.78 is 38.4. The number of nitrogens with one attached hydrogen (secondary N) is 1. The van der Waals surface area contributed by atoms with Crippen molar-refractivity contribution in [1.82, 2.24) is 0 Å². The Labute approximate surface area is 149 Å². The highest BCUT2D eigenvalue weighted by molar-refractivity contribution is 6.14. The highest BCUT2D eigenvalue weighted by Crippen LogP contribution is 2.31. The van der Waals surface area contributed by atoms with Crippen LogP contribution in [0, 0.1) is 5.41 Å². The average Bonchev–Trinajstić information content (AvgIpc) is 2.60. The zero-order chi connectivity index (χ0) is 19.5. The number of carbonyl (C=O) groups excluding carboxylic acids is 2. The molecule has 2 rings (SSSR count). The number of amides is 2. The maximum absolute atomic E-state index is 12.8. The van der Waals surface area contributed by atoms with Gasteiger partial charge in [0.2, 0.25) is 11.8 Å². The molecule has 0 bridgehead atoms. The number of carbonyl (C=O) groups is 2. The summed E-state index contributed by atoms with van der Waals surface area (Å²) in [6, 6.07) is 13.0. The van der Waals surface area contributed by atoms with Crippen LogP contribution < -0.4 is 10.2 Å². The van der Waals surface area contributed by atoms with Gasteiger partial charge in [0.05, 0.1) is 5.56 Å². The maximum atomic E-state index is 12.8. The van der Waals surface area contributed by atoms with Crippen LogP contribution in [0.5, 0.6) is 0 Å². The molecule has 7 heteroatoms. The highest BCUT2D eigenvalue weighted by atomic mass is 19.4. The van der Waals surface area contributed by atoms with Crippen molar-refractivity contribution in [2.24, 2.45) is 5.41 Å². The third kappa shape index (κ3) is 4.22. The summed E-state index contributed by atoms with van der Waals surface area (Å²) in [5.74, 6) is -1.17. The van der Waals surface area contributed by atoms with Gasteiger partial charge in [0, 0.05) is 18.4 Å². The van der Waals surface area contributed by atoms with E-state index in [1.165, 1.54) is 37.9 Å². The van der Waals surface area contributed by atoms with Crippen molar-refractivity contribution in [3.63, 3.8) is 0 Å². The van der Waals surface area contributed by atoms with Gasteiger partial charge in [0.1, 0.15) is 5.41 Å². The fourth-order valence-electron chi connectivity index (χ4n) is 2.35. The second kappa shape index (κ2) is 7.19. The molecule has 1 N–H and O–H groups in total. The molecule has 2 aromatic carbocycles. The molecule has 0 aliphatic heterocycles. The lowest BCUT2D eigenvalue weighted by Gasteiger charge is -2.28. The lowest BCUT2D eigenvalue weighted by molar-refractivity contribution is -0.138. The van der Waals surface area contributed by atoms with E-state index in [4.69, 9.17) is 0 Å². The second-order valence-electron chi connectivity index (χ2n) is 6.36. The molecule has 138 valence electrons. The van der Waals surface area contributed by atoms with Crippen molar-refractivity contribution < 1.29 is 22.8 Å². The number of benzene rings is 2. The Bertz CT molecular complexity index is 802. The number of para-hydroxylation sites is 1. The first kappa shape index (κ1) is 19.5. The third-order valence-corrected chi connectivity index (χ3v) is 4.00. The monoisotopic (exact) mass is 364 g/mol. The Kier molecular flexibility index (Phi) is 5.39. The predicted molar refractivity (Wildman–Crippen MR) is 93.7 cm³/mol. The van der Waals surface area contributed by atoms with E-state index in [-0.39, 0.29) is 5.69 Å². The van der Waals surface area contributed by atoms with E-state index in [0.29, 0.717) is 5.69 Å². The van der Waals surface area contributed by atoms with Crippen molar-refractivity contribution in [2.45, 2.75) is 20.0 Å². The van der Waals surface area contributed by atoms with E-state index in [1.807, 2.05) is 0 Å². The summed E-state index contributed by atoms with van der Waals surface area (Å²) in [7, 11) is 1.54. The molecule has 0 aromatic heterocycles. The molecule has 2 aromatic rings. The van der Waals surface area contributed by atoms with Crippen molar-refractivity contribution in [3.05, 3.63) is 60.2 Å². The third-order valence-electron chi connectivity index (χ3n) is 4.00. The van der Waals surface area contributed by atoms with E-state index in [9.17, 15) is 22.8 Å². The van der Waals surface area contributed by atoms with Gasteiger partial charge < -0.3 is 10.2 Å². The molecule has 26 heavy (non-hydrogen) atoms. The van der Waals surface area contributed by atoms with Gasteiger partial charge in [-0.15, -0.1) is 0 Å². The Balaban J connectivity index is 2.18. The summed E-state index contributed by atoms with van der Waals surface area (Å²) in [5, 5.41) is 2.40. The average molecular weight is 364 g/mol. The fourth-order valence-corrected chi connectivity index (χ4v) is 2.35. The number of alkyl halides is 3. The quantitative estimate of drug-likeness (QED) is 0.821. The van der Waals surface area contributed by atoms with Crippen LogP contribution in [0.4, 0.5) is 24.5 Å². The fraction of sp³-hybridized carbons (Fsp3) is 0.263. The first-order valence-electron chi connectivity index (χ1n) is 7.85. The minimum absolute atomic E-state index is 0.0203. The molecule has 0 saturated heterocycles. The minimum atomic E-state index is -4.51. The van der Waals surface area contributed by atoms with Gasteiger partial charge >= 0.3 is 6.18 Å². The van der Waals surface area contributed by atoms with Crippen molar-refractivity contribution >= 4 is 23.2 Å². The van der Waals surface area contributed by atoms with E-state index < -0.39 is 29.0 Å². The molecule has 0 atom stereocenters. The number of rotatable bonds is 4. The number of anilines is 2. The first-order chi connectivity index (χ1) is 12.0. The summed E-state index contributed by atoms with van der Waals surface area (Å²) >= 11 is 0. The van der Waals surface area contributed by atoms with E-state index in [1.54, 1.807) is 30.3 Å². The van der Waals surface area contributed by atoms with Gasteiger partial charge in [0.25, 0.3) is 0 Å². The summed E-state index contributed by atoms with van der Waals surface area (Å²) in [6.45, 7) is 2.86. The largest absolute Gasteiger partial charge is 0.416 e. The van der Waals surface area contributed by atoms with Gasteiger partial charge in [-0.25, -0.2) is 0 Å². The van der Waals surface area contributed by atoms with Crippen LogP contribution in [0.25, 0.3) is 0 Å². The molecular formula is C19H19F3N2O2. The first-order valence-corrected chi connectivity index (χ1v) is 7.85. The van der Waals surface area contributed by atoms with E-state index in [2.05, 4.69) is 5.32 Å². The number of hydrogen-bond acceptors (Lipinski definition) is 2. The maximum Gasteiger partial charge on any atom is 0.416 e. The predicted octanol–water partition coefficient (Wildman–Crippen LogP) is 4.33. The molecule has 0 unspecified atom stereocenters. The van der Waals surface area contributed by atoms with Crippen LogP contribution in [0.2, 0.25) is 0 Å². The smallest absolute Gasteiger partial charge is 0.325 e. The Morgan fingerprint density at radius 2 is 1.58 bits per heavy atom. The van der Waals surface area contributed by atoms with Crippen LogP contribution in [0.1, 0.15) is 19.4 Å². The van der Waals surface area contributed by atoms with Gasteiger partial charge in [-0.1, -0.05) is 24.3 Å². The normalized spacial score (nSPS) is 11.8. The molecule has 0 saturated carbocycles. The number of nitrogens with zero attached hydrogens (tertiary/aromatic N) is 1. The summed E-state index contributed by atoms with van der Waals surface area (Å²) in [4.78, 5) is 26.6. The van der Waals surface area contributed by atoms with Crippen LogP contribution >= 0.6 is 0 Å². The van der Waals surface area contributed by atoms with Gasteiger partial charge in [0.15, 0.2) is 0 Å². The number of hydrogen-bond donors (Lipinski definition) is 1.